The predicted octanol–water partition coefficient (Wildman–Crippen LogP) is 2.38. The molecule has 0 aliphatic heterocycles. The summed E-state index contributed by atoms with van der Waals surface area (Å²) < 4.78 is 10.2. The van der Waals surface area contributed by atoms with Crippen LogP contribution in [0.5, 0.6) is 0 Å². The van der Waals surface area contributed by atoms with Gasteiger partial charge in [0.2, 0.25) is 0 Å². The number of rotatable bonds is 11. The van der Waals surface area contributed by atoms with Crippen molar-refractivity contribution in [3.63, 3.8) is 0 Å². The molecule has 0 aliphatic rings. The Bertz CT molecular complexity index is 228. The molecule has 0 atom stereocenters. The number of esters is 1. The smallest absolute Gasteiger partial charge is 0.315 e. The zero-order chi connectivity index (χ0) is 12.8. The van der Waals surface area contributed by atoms with Crippen LogP contribution in [0.1, 0.15) is 32.6 Å². The minimum absolute atomic E-state index is 0.203. The largest absolute Gasteiger partial charge is 0.463 e. The van der Waals surface area contributed by atoms with Crippen LogP contribution in [0, 0.1) is 11.3 Å². The standard InChI is InChI=1S/C12H21NO3S/c1-2-3-7-15-8-9-16-12(14)11-17-10-5-4-6-13/h2-5,7-11H2,1H3. The number of nitriles is 1. The lowest BCUT2D eigenvalue weighted by Gasteiger charge is -2.05. The van der Waals surface area contributed by atoms with Gasteiger partial charge >= 0.3 is 5.97 Å². The van der Waals surface area contributed by atoms with Crippen LogP contribution in [0.4, 0.5) is 0 Å². The van der Waals surface area contributed by atoms with Gasteiger partial charge in [-0.25, -0.2) is 0 Å². The zero-order valence-electron chi connectivity index (χ0n) is 10.4. The van der Waals surface area contributed by atoms with Crippen molar-refractivity contribution >= 4 is 17.7 Å². The van der Waals surface area contributed by atoms with Gasteiger partial charge in [0.25, 0.3) is 0 Å². The number of carbonyl (C=O) groups excluding carboxylic acids is 1. The van der Waals surface area contributed by atoms with Gasteiger partial charge in [0.15, 0.2) is 0 Å². The number of ether oxygens (including phenoxy) is 2. The quantitative estimate of drug-likeness (QED) is 0.421. The second-order valence-electron chi connectivity index (χ2n) is 3.50. The van der Waals surface area contributed by atoms with E-state index in [4.69, 9.17) is 14.7 Å². The van der Waals surface area contributed by atoms with Crippen molar-refractivity contribution in [1.82, 2.24) is 0 Å². The molecular weight excluding hydrogens is 238 g/mol. The normalized spacial score (nSPS) is 9.88. The molecule has 0 aromatic heterocycles. The molecular formula is C12H21NO3S. The Morgan fingerprint density at radius 1 is 1.29 bits per heavy atom. The third-order valence-corrected chi connectivity index (χ3v) is 2.95. The van der Waals surface area contributed by atoms with E-state index in [-0.39, 0.29) is 5.97 Å². The van der Waals surface area contributed by atoms with Crippen LogP contribution in [0.25, 0.3) is 0 Å². The molecule has 0 heterocycles. The molecule has 0 N–H and O–H groups in total. The summed E-state index contributed by atoms with van der Waals surface area (Å²) in [5.74, 6) is 0.988. The molecule has 0 bridgehead atoms. The first-order valence-corrected chi connectivity index (χ1v) is 7.14. The van der Waals surface area contributed by atoms with Crippen LogP contribution in [0.15, 0.2) is 0 Å². The molecule has 0 amide bonds. The summed E-state index contributed by atoms with van der Waals surface area (Å²) in [5, 5.41) is 8.31. The fourth-order valence-corrected chi connectivity index (χ4v) is 1.76. The average molecular weight is 259 g/mol. The molecule has 0 fully saturated rings. The highest BCUT2D eigenvalue weighted by molar-refractivity contribution is 7.99. The minimum Gasteiger partial charge on any atom is -0.463 e. The Labute approximate surface area is 108 Å². The Morgan fingerprint density at radius 2 is 2.12 bits per heavy atom. The third kappa shape index (κ3) is 13.2. The number of nitrogens with zero attached hydrogens (tertiary/aromatic N) is 1. The predicted molar refractivity (Wildman–Crippen MR) is 68.9 cm³/mol. The Hall–Kier alpha value is -0.730. The van der Waals surface area contributed by atoms with Gasteiger partial charge in [-0.3, -0.25) is 4.79 Å². The van der Waals surface area contributed by atoms with E-state index in [0.717, 1.165) is 31.6 Å². The number of carbonyl (C=O) groups is 1. The van der Waals surface area contributed by atoms with Gasteiger partial charge in [-0.15, -0.1) is 0 Å². The monoisotopic (exact) mass is 259 g/mol. The molecule has 0 aliphatic carbocycles. The summed E-state index contributed by atoms with van der Waals surface area (Å²) >= 11 is 1.51. The van der Waals surface area contributed by atoms with Gasteiger partial charge in [0.05, 0.1) is 18.4 Å². The van der Waals surface area contributed by atoms with E-state index in [1.165, 1.54) is 11.8 Å². The van der Waals surface area contributed by atoms with Crippen LogP contribution in [-0.4, -0.2) is 37.3 Å². The highest BCUT2D eigenvalue weighted by atomic mass is 32.2. The van der Waals surface area contributed by atoms with E-state index < -0.39 is 0 Å². The molecule has 5 heteroatoms. The fourth-order valence-electron chi connectivity index (χ4n) is 1.01. The molecule has 98 valence electrons. The summed E-state index contributed by atoms with van der Waals surface area (Å²) in [6, 6.07) is 2.07. The molecule has 0 rings (SSSR count). The van der Waals surface area contributed by atoms with Gasteiger partial charge in [0.1, 0.15) is 6.61 Å². The summed E-state index contributed by atoms with van der Waals surface area (Å²) in [6.45, 7) is 3.65. The first-order chi connectivity index (χ1) is 8.31. The molecule has 0 saturated carbocycles. The van der Waals surface area contributed by atoms with Gasteiger partial charge in [-0.1, -0.05) is 13.3 Å². The lowest BCUT2D eigenvalue weighted by atomic mass is 10.4. The van der Waals surface area contributed by atoms with E-state index in [0.29, 0.717) is 25.4 Å². The van der Waals surface area contributed by atoms with Crippen molar-refractivity contribution in [3.05, 3.63) is 0 Å². The van der Waals surface area contributed by atoms with Crippen molar-refractivity contribution in [2.45, 2.75) is 32.6 Å². The lowest BCUT2D eigenvalue weighted by Crippen LogP contribution is -2.13. The van der Waals surface area contributed by atoms with Gasteiger partial charge < -0.3 is 9.47 Å². The minimum atomic E-state index is -0.203. The first-order valence-electron chi connectivity index (χ1n) is 5.99. The molecule has 17 heavy (non-hydrogen) atoms. The van der Waals surface area contributed by atoms with E-state index >= 15 is 0 Å². The van der Waals surface area contributed by atoms with Crippen LogP contribution < -0.4 is 0 Å². The Kier molecular flexibility index (Phi) is 12.8. The molecule has 0 aromatic rings. The van der Waals surface area contributed by atoms with E-state index in [1.807, 2.05) is 0 Å². The third-order valence-electron chi connectivity index (χ3n) is 1.93. The molecule has 0 spiro atoms. The van der Waals surface area contributed by atoms with Crippen molar-refractivity contribution < 1.29 is 14.3 Å². The maximum atomic E-state index is 11.2. The first kappa shape index (κ1) is 16.3. The number of hydrogen-bond acceptors (Lipinski definition) is 5. The average Bonchev–Trinajstić information content (AvgIpc) is 2.33. The van der Waals surface area contributed by atoms with Crippen LogP contribution in [0.3, 0.4) is 0 Å². The molecule has 0 saturated heterocycles. The molecule has 0 aromatic carbocycles. The fraction of sp³-hybridized carbons (Fsp3) is 0.833. The number of unbranched alkanes of at least 4 members (excludes halogenated alkanes) is 2. The highest BCUT2D eigenvalue weighted by Gasteiger charge is 2.02. The van der Waals surface area contributed by atoms with Crippen LogP contribution in [-0.2, 0) is 14.3 Å². The maximum Gasteiger partial charge on any atom is 0.315 e. The zero-order valence-corrected chi connectivity index (χ0v) is 11.3. The van der Waals surface area contributed by atoms with E-state index in [9.17, 15) is 4.79 Å². The topological polar surface area (TPSA) is 59.3 Å². The second kappa shape index (κ2) is 13.3. The summed E-state index contributed by atoms with van der Waals surface area (Å²) in [5.41, 5.74) is 0. The van der Waals surface area contributed by atoms with Crippen molar-refractivity contribution in [2.24, 2.45) is 0 Å². The van der Waals surface area contributed by atoms with Crippen molar-refractivity contribution in [2.75, 3.05) is 31.3 Å². The Morgan fingerprint density at radius 3 is 2.82 bits per heavy atom. The Balaban J connectivity index is 3.15. The maximum absolute atomic E-state index is 11.2. The summed E-state index contributed by atoms with van der Waals surface area (Å²) in [4.78, 5) is 11.2. The molecule has 4 nitrogen and oxygen atoms in total. The SMILES string of the molecule is CCCCOCCOC(=O)CSCCCC#N. The number of hydrogen-bond donors (Lipinski definition) is 0. The van der Waals surface area contributed by atoms with Gasteiger partial charge in [-0.05, 0) is 18.6 Å². The van der Waals surface area contributed by atoms with Crippen LogP contribution in [0.2, 0.25) is 0 Å². The van der Waals surface area contributed by atoms with Crippen molar-refractivity contribution in [3.8, 4) is 6.07 Å². The van der Waals surface area contributed by atoms with Crippen molar-refractivity contribution in [1.29, 1.82) is 5.26 Å². The second-order valence-corrected chi connectivity index (χ2v) is 4.61. The van der Waals surface area contributed by atoms with Gasteiger partial charge in [0, 0.05) is 13.0 Å². The van der Waals surface area contributed by atoms with E-state index in [2.05, 4.69) is 13.0 Å². The van der Waals surface area contributed by atoms with Gasteiger partial charge in [-0.2, -0.15) is 17.0 Å². The van der Waals surface area contributed by atoms with Crippen LogP contribution >= 0.6 is 11.8 Å². The summed E-state index contributed by atoms with van der Waals surface area (Å²) in [7, 11) is 0. The molecule has 0 unspecified atom stereocenters. The highest BCUT2D eigenvalue weighted by Crippen LogP contribution is 2.04. The van der Waals surface area contributed by atoms with E-state index in [1.54, 1.807) is 0 Å². The summed E-state index contributed by atoms with van der Waals surface area (Å²) in [6.07, 6.45) is 3.53. The lowest BCUT2D eigenvalue weighted by molar-refractivity contribution is -0.141. The number of thioether (sulfide) groups is 1. The molecule has 0 radical (unpaired) electrons.